The van der Waals surface area contributed by atoms with Gasteiger partial charge in [0.1, 0.15) is 18.7 Å². The molecule has 280 valence electrons. The third-order valence-corrected chi connectivity index (χ3v) is 9.99. The third-order valence-electron chi connectivity index (χ3n) is 9.01. The number of ether oxygens (including phenoxy) is 3. The number of nitrogens with zero attached hydrogens (tertiary/aromatic N) is 3. The molecule has 1 saturated heterocycles. The highest BCUT2D eigenvalue weighted by Crippen LogP contribution is 2.28. The number of amides is 3. The molecule has 2 aromatic heterocycles. The van der Waals surface area contributed by atoms with Gasteiger partial charge in [0.15, 0.2) is 0 Å². The number of rotatable bonds is 17. The van der Waals surface area contributed by atoms with Crippen molar-refractivity contribution in [1.29, 1.82) is 0 Å². The molecular weight excluding hydrogens is 685 g/mol. The van der Waals surface area contributed by atoms with Crippen molar-refractivity contribution >= 4 is 45.6 Å². The van der Waals surface area contributed by atoms with E-state index in [1.807, 2.05) is 87.9 Å². The van der Waals surface area contributed by atoms with Gasteiger partial charge in [0.05, 0.1) is 60.7 Å². The largest absolute Gasteiger partial charge is 0.398 e. The first-order valence-corrected chi connectivity index (χ1v) is 18.4. The summed E-state index contributed by atoms with van der Waals surface area (Å²) < 4.78 is 18.9. The van der Waals surface area contributed by atoms with Crippen LogP contribution in [0.3, 0.4) is 0 Å². The standard InChI is InChI=1S/C38H50N6O7S/c1-25-34(52-24-41-25)27-10-8-26(9-11-27)21-40-36(47)32-20-28(45)22-44(32)37(48)35(38(2,3)4)42-33(46)23-51-19-18-50-17-16-49-15-14-43-13-12-29-30(39)6-5-7-31(29)43/h5-13,24,28,32,35,45H,14-23,39H2,1-4H3,(H,40,47)(H,42,46)/t28?,32?,35-/m1/s1. The molecular formula is C38H50N6O7S. The monoisotopic (exact) mass is 734 g/mol. The van der Waals surface area contributed by atoms with E-state index in [2.05, 4.69) is 20.2 Å². The van der Waals surface area contributed by atoms with Crippen LogP contribution in [0.25, 0.3) is 21.3 Å². The van der Waals surface area contributed by atoms with E-state index in [1.165, 1.54) is 4.90 Å². The second-order valence-corrected chi connectivity index (χ2v) is 14.9. The summed E-state index contributed by atoms with van der Waals surface area (Å²) >= 11 is 1.58. The van der Waals surface area contributed by atoms with Crippen molar-refractivity contribution in [3.05, 3.63) is 71.5 Å². The van der Waals surface area contributed by atoms with Crippen LogP contribution < -0.4 is 16.4 Å². The minimum atomic E-state index is -0.942. The van der Waals surface area contributed by atoms with Crippen LogP contribution in [-0.2, 0) is 41.7 Å². The lowest BCUT2D eigenvalue weighted by atomic mass is 9.85. The maximum Gasteiger partial charge on any atom is 0.246 e. The van der Waals surface area contributed by atoms with Gasteiger partial charge in [-0.05, 0) is 41.7 Å². The molecule has 3 amide bonds. The van der Waals surface area contributed by atoms with Crippen LogP contribution >= 0.6 is 11.3 Å². The van der Waals surface area contributed by atoms with Gasteiger partial charge in [-0.1, -0.05) is 51.1 Å². The average Bonchev–Trinajstić information content (AvgIpc) is 3.85. The number of β-amino-alcohol motifs (C(OH)–C–C–N with tert-alkyl or cyclic N) is 1. The smallest absolute Gasteiger partial charge is 0.246 e. The Kier molecular flexibility index (Phi) is 13.4. The maximum absolute atomic E-state index is 13.8. The van der Waals surface area contributed by atoms with E-state index in [9.17, 15) is 19.5 Å². The molecule has 3 atom stereocenters. The van der Waals surface area contributed by atoms with Crippen molar-refractivity contribution < 1.29 is 33.7 Å². The zero-order valence-electron chi connectivity index (χ0n) is 30.3. The number of aliphatic hydroxyl groups is 1. The van der Waals surface area contributed by atoms with Gasteiger partial charge in [-0.25, -0.2) is 4.98 Å². The lowest BCUT2D eigenvalue weighted by molar-refractivity contribution is -0.144. The van der Waals surface area contributed by atoms with Gasteiger partial charge >= 0.3 is 0 Å². The molecule has 0 bridgehead atoms. The Morgan fingerprint density at radius 3 is 2.42 bits per heavy atom. The second kappa shape index (κ2) is 17.9. The second-order valence-electron chi connectivity index (χ2n) is 14.0. The van der Waals surface area contributed by atoms with E-state index >= 15 is 0 Å². The fraction of sp³-hybridized carbons (Fsp3) is 0.474. The van der Waals surface area contributed by atoms with Crippen molar-refractivity contribution in [2.45, 2.75) is 65.4 Å². The summed E-state index contributed by atoms with van der Waals surface area (Å²) in [6, 6.07) is 13.9. The first-order chi connectivity index (χ1) is 24.9. The first-order valence-electron chi connectivity index (χ1n) is 17.5. The van der Waals surface area contributed by atoms with Gasteiger partial charge in [-0.3, -0.25) is 14.4 Å². The molecule has 4 aromatic rings. The number of hydrogen-bond acceptors (Lipinski definition) is 10. The minimum Gasteiger partial charge on any atom is -0.398 e. The van der Waals surface area contributed by atoms with Crippen molar-refractivity contribution in [3.63, 3.8) is 0 Å². The summed E-state index contributed by atoms with van der Waals surface area (Å²) in [6.07, 6.45) is 1.25. The zero-order chi connectivity index (χ0) is 37.3. The van der Waals surface area contributed by atoms with Gasteiger partial charge < -0.3 is 45.2 Å². The Morgan fingerprint density at radius 2 is 1.73 bits per heavy atom. The number of aliphatic hydroxyl groups excluding tert-OH is 1. The summed E-state index contributed by atoms with van der Waals surface area (Å²) in [6.45, 7) is 9.96. The number of carbonyl (C=O) groups is 3. The predicted molar refractivity (Wildman–Crippen MR) is 200 cm³/mol. The number of anilines is 1. The van der Waals surface area contributed by atoms with Crippen molar-refractivity contribution in [2.75, 3.05) is 51.9 Å². The van der Waals surface area contributed by atoms with E-state index < -0.39 is 35.4 Å². The summed E-state index contributed by atoms with van der Waals surface area (Å²) in [5.74, 6) is -1.26. The lowest BCUT2D eigenvalue weighted by Gasteiger charge is -2.35. The van der Waals surface area contributed by atoms with Crippen LogP contribution in [-0.4, -0.2) is 102 Å². The van der Waals surface area contributed by atoms with E-state index in [4.69, 9.17) is 19.9 Å². The van der Waals surface area contributed by atoms with Gasteiger partial charge in [0.2, 0.25) is 17.7 Å². The van der Waals surface area contributed by atoms with Crippen LogP contribution in [0.4, 0.5) is 5.69 Å². The molecule has 14 heteroatoms. The highest BCUT2D eigenvalue weighted by atomic mass is 32.1. The minimum absolute atomic E-state index is 0.00178. The van der Waals surface area contributed by atoms with Gasteiger partial charge in [0, 0.05) is 43.3 Å². The number of carbonyl (C=O) groups excluding carboxylic acids is 3. The molecule has 5 N–H and O–H groups in total. The Morgan fingerprint density at radius 1 is 1.02 bits per heavy atom. The lowest BCUT2D eigenvalue weighted by Crippen LogP contribution is -2.58. The number of aryl methyl sites for hydroxylation is 1. The Labute approximate surface area is 308 Å². The Hall–Kier alpha value is -4.34. The van der Waals surface area contributed by atoms with E-state index in [-0.39, 0.29) is 45.2 Å². The van der Waals surface area contributed by atoms with Crippen LogP contribution in [0.1, 0.15) is 38.4 Å². The van der Waals surface area contributed by atoms with Crippen molar-refractivity contribution in [3.8, 4) is 10.4 Å². The fourth-order valence-electron chi connectivity index (χ4n) is 6.19. The average molecular weight is 735 g/mol. The number of nitrogen functional groups attached to an aromatic ring is 1. The predicted octanol–water partition coefficient (Wildman–Crippen LogP) is 3.51. The molecule has 52 heavy (non-hydrogen) atoms. The molecule has 2 aromatic carbocycles. The quantitative estimate of drug-likeness (QED) is 0.0937. The van der Waals surface area contributed by atoms with Crippen LogP contribution in [0.15, 0.2) is 60.2 Å². The topological polar surface area (TPSA) is 170 Å². The molecule has 0 spiro atoms. The van der Waals surface area contributed by atoms with E-state index in [0.29, 0.717) is 26.4 Å². The van der Waals surface area contributed by atoms with Gasteiger partial charge in [-0.15, -0.1) is 11.3 Å². The van der Waals surface area contributed by atoms with Crippen molar-refractivity contribution in [2.24, 2.45) is 5.41 Å². The Bertz CT molecular complexity index is 1800. The van der Waals surface area contributed by atoms with Crippen LogP contribution in [0.5, 0.6) is 0 Å². The first kappa shape index (κ1) is 38.9. The number of nitrogens with one attached hydrogen (secondary N) is 2. The molecule has 1 aliphatic rings. The molecule has 2 unspecified atom stereocenters. The summed E-state index contributed by atoms with van der Waals surface area (Å²) in [4.78, 5) is 46.8. The van der Waals surface area contributed by atoms with E-state index in [0.717, 1.165) is 38.3 Å². The molecule has 1 fully saturated rings. The molecule has 0 radical (unpaired) electrons. The number of nitrogens with two attached hydrogens (primary N) is 1. The summed E-state index contributed by atoms with van der Waals surface area (Å²) in [7, 11) is 0. The molecule has 13 nitrogen and oxygen atoms in total. The molecule has 0 aliphatic carbocycles. The zero-order valence-corrected chi connectivity index (χ0v) is 31.1. The number of thiazole rings is 1. The number of benzene rings is 2. The third kappa shape index (κ3) is 10.2. The maximum atomic E-state index is 13.8. The SMILES string of the molecule is Cc1ncsc1-c1ccc(CNC(=O)C2CC(O)CN2C(=O)[C@@H](NC(=O)COCCOCCOCCn2ccc3c(N)cccc32)C(C)(C)C)cc1. The van der Waals surface area contributed by atoms with E-state index in [1.54, 1.807) is 11.3 Å². The highest BCUT2D eigenvalue weighted by Gasteiger charge is 2.44. The molecule has 1 aliphatic heterocycles. The van der Waals surface area contributed by atoms with Crippen LogP contribution in [0.2, 0.25) is 0 Å². The normalized spacial score (nSPS) is 16.7. The molecule has 0 saturated carbocycles. The number of fused-ring (bicyclic) bond motifs is 1. The number of likely N-dealkylation sites (tertiary alicyclic amines) is 1. The highest BCUT2D eigenvalue weighted by molar-refractivity contribution is 7.13. The number of hydrogen-bond donors (Lipinski definition) is 4. The molecule has 5 rings (SSSR count). The van der Waals surface area contributed by atoms with Crippen molar-refractivity contribution in [1.82, 2.24) is 25.1 Å². The van der Waals surface area contributed by atoms with Crippen LogP contribution in [0, 0.1) is 12.3 Å². The summed E-state index contributed by atoms with van der Waals surface area (Å²) in [5, 5.41) is 17.2. The fourth-order valence-corrected chi connectivity index (χ4v) is 7.00. The van der Waals surface area contributed by atoms with Gasteiger partial charge in [0.25, 0.3) is 0 Å². The van der Waals surface area contributed by atoms with Gasteiger partial charge in [-0.2, -0.15) is 0 Å². The molecule has 3 heterocycles. The Balaban J connectivity index is 1.01. The number of aromatic nitrogens is 2. The summed E-state index contributed by atoms with van der Waals surface area (Å²) in [5.41, 5.74) is 11.9.